The molecule has 1 aliphatic rings. The molecule has 0 saturated heterocycles. The molecule has 2 aromatic carbocycles. The fourth-order valence-corrected chi connectivity index (χ4v) is 2.43. The van der Waals surface area contributed by atoms with Gasteiger partial charge in [0.1, 0.15) is 23.9 Å². The molecule has 0 fully saturated rings. The molecule has 0 aliphatic carbocycles. The standard InChI is InChI=1S/C18H21N3O/c1-2-3-4-13-5-8-15(9-6-13)20-18-12-22-17-11-14(19)7-10-16(17)21-18/h5-11H,2-4,12,19H2,1H3,(H,20,21). The van der Waals surface area contributed by atoms with Gasteiger partial charge in [-0.05, 0) is 42.7 Å². The lowest BCUT2D eigenvalue weighted by molar-refractivity contribution is 0.372. The zero-order chi connectivity index (χ0) is 15.4. The van der Waals surface area contributed by atoms with E-state index in [2.05, 4.69) is 41.5 Å². The van der Waals surface area contributed by atoms with Crippen LogP contribution < -0.4 is 15.8 Å². The van der Waals surface area contributed by atoms with Crippen LogP contribution >= 0.6 is 0 Å². The summed E-state index contributed by atoms with van der Waals surface area (Å²) in [4.78, 5) is 4.58. The van der Waals surface area contributed by atoms with Gasteiger partial charge in [0.05, 0.1) is 0 Å². The largest absolute Gasteiger partial charge is 0.483 e. The number of nitrogens with two attached hydrogens (primary N) is 1. The topological polar surface area (TPSA) is 59.6 Å². The molecule has 22 heavy (non-hydrogen) atoms. The normalized spacial score (nSPS) is 13.0. The average Bonchev–Trinajstić information content (AvgIpc) is 2.54. The monoisotopic (exact) mass is 295 g/mol. The molecule has 4 heteroatoms. The van der Waals surface area contributed by atoms with Crippen molar-refractivity contribution in [2.24, 2.45) is 4.99 Å². The highest BCUT2D eigenvalue weighted by molar-refractivity contribution is 5.99. The Labute approximate surface area is 131 Å². The van der Waals surface area contributed by atoms with Crippen LogP contribution in [0.3, 0.4) is 0 Å². The second-order valence-electron chi connectivity index (χ2n) is 5.50. The molecule has 0 aromatic heterocycles. The van der Waals surface area contributed by atoms with Crippen LogP contribution in [0.1, 0.15) is 25.3 Å². The average molecular weight is 295 g/mol. The molecule has 2 aromatic rings. The Balaban J connectivity index is 1.69. The number of amidine groups is 1. The van der Waals surface area contributed by atoms with Crippen molar-refractivity contribution in [2.45, 2.75) is 26.2 Å². The molecule has 0 atom stereocenters. The van der Waals surface area contributed by atoms with Crippen LogP contribution in [0.15, 0.2) is 47.5 Å². The number of nitrogen functional groups attached to an aromatic ring is 1. The molecule has 0 bridgehead atoms. The molecular formula is C18H21N3O. The summed E-state index contributed by atoms with van der Waals surface area (Å²) < 4.78 is 5.69. The van der Waals surface area contributed by atoms with E-state index in [9.17, 15) is 0 Å². The van der Waals surface area contributed by atoms with E-state index in [0.29, 0.717) is 12.3 Å². The summed E-state index contributed by atoms with van der Waals surface area (Å²) in [6, 6.07) is 14.0. The number of benzene rings is 2. The van der Waals surface area contributed by atoms with Gasteiger partial charge < -0.3 is 15.8 Å². The number of ether oxygens (including phenoxy) is 1. The van der Waals surface area contributed by atoms with Crippen LogP contribution in [0.4, 0.5) is 17.1 Å². The van der Waals surface area contributed by atoms with Crippen LogP contribution in [0, 0.1) is 0 Å². The van der Waals surface area contributed by atoms with E-state index < -0.39 is 0 Å². The molecule has 0 unspecified atom stereocenters. The van der Waals surface area contributed by atoms with Gasteiger partial charge in [-0.15, -0.1) is 0 Å². The number of hydrogen-bond donors (Lipinski definition) is 2. The van der Waals surface area contributed by atoms with E-state index in [0.717, 1.165) is 29.4 Å². The summed E-state index contributed by atoms with van der Waals surface area (Å²) in [5.41, 5.74) is 9.64. The first-order valence-electron chi connectivity index (χ1n) is 7.70. The summed E-state index contributed by atoms with van der Waals surface area (Å²) >= 11 is 0. The van der Waals surface area contributed by atoms with Crippen LogP contribution in [0.25, 0.3) is 0 Å². The van der Waals surface area contributed by atoms with Crippen molar-refractivity contribution in [3.05, 3.63) is 48.0 Å². The maximum atomic E-state index is 5.74. The van der Waals surface area contributed by atoms with Gasteiger partial charge in [-0.2, -0.15) is 0 Å². The minimum absolute atomic E-state index is 0.425. The van der Waals surface area contributed by atoms with Gasteiger partial charge in [-0.1, -0.05) is 25.5 Å². The Morgan fingerprint density at radius 3 is 2.77 bits per heavy atom. The third-order valence-corrected chi connectivity index (χ3v) is 3.67. The number of anilines is 2. The first-order valence-corrected chi connectivity index (χ1v) is 7.70. The first-order chi connectivity index (χ1) is 10.7. The van der Waals surface area contributed by atoms with E-state index in [1.165, 1.54) is 18.4 Å². The summed E-state index contributed by atoms with van der Waals surface area (Å²) in [6.45, 7) is 2.64. The maximum absolute atomic E-state index is 5.74. The zero-order valence-corrected chi connectivity index (χ0v) is 12.8. The second-order valence-corrected chi connectivity index (χ2v) is 5.50. The van der Waals surface area contributed by atoms with Crippen LogP contribution in [-0.4, -0.2) is 12.4 Å². The number of fused-ring (bicyclic) bond motifs is 1. The molecule has 0 spiro atoms. The highest BCUT2D eigenvalue weighted by Gasteiger charge is 2.13. The van der Waals surface area contributed by atoms with Crippen LogP contribution in [-0.2, 0) is 6.42 Å². The lowest BCUT2D eigenvalue weighted by Crippen LogP contribution is -2.23. The number of unbranched alkanes of at least 4 members (excludes halogenated alkanes) is 1. The van der Waals surface area contributed by atoms with Gasteiger partial charge in [0.15, 0.2) is 0 Å². The number of aliphatic imine (C=N–C) groups is 1. The van der Waals surface area contributed by atoms with Gasteiger partial charge >= 0.3 is 0 Å². The molecule has 1 heterocycles. The summed E-state index contributed by atoms with van der Waals surface area (Å²) in [5.74, 6) is 1.54. The van der Waals surface area contributed by atoms with Crippen molar-refractivity contribution < 1.29 is 4.74 Å². The number of rotatable bonds is 4. The van der Waals surface area contributed by atoms with Crippen molar-refractivity contribution in [3.8, 4) is 5.75 Å². The Morgan fingerprint density at radius 2 is 2.00 bits per heavy atom. The van der Waals surface area contributed by atoms with E-state index in [4.69, 9.17) is 10.5 Å². The smallest absolute Gasteiger partial charge is 0.147 e. The van der Waals surface area contributed by atoms with Gasteiger partial charge in [0.2, 0.25) is 0 Å². The Hall–Kier alpha value is -2.49. The molecular weight excluding hydrogens is 274 g/mol. The minimum atomic E-state index is 0.425. The minimum Gasteiger partial charge on any atom is -0.483 e. The third kappa shape index (κ3) is 3.39. The molecule has 3 N–H and O–H groups in total. The lowest BCUT2D eigenvalue weighted by atomic mass is 10.1. The molecule has 0 radical (unpaired) electrons. The maximum Gasteiger partial charge on any atom is 0.147 e. The summed E-state index contributed by atoms with van der Waals surface area (Å²) in [6.07, 6.45) is 3.58. The summed E-state index contributed by atoms with van der Waals surface area (Å²) in [7, 11) is 0. The molecule has 0 amide bonds. The van der Waals surface area contributed by atoms with Gasteiger partial charge in [0.25, 0.3) is 0 Å². The fraction of sp³-hybridized carbons (Fsp3) is 0.278. The Bertz CT molecular complexity index is 677. The highest BCUT2D eigenvalue weighted by atomic mass is 16.5. The van der Waals surface area contributed by atoms with Gasteiger partial charge in [-0.3, -0.25) is 0 Å². The molecule has 4 nitrogen and oxygen atoms in total. The zero-order valence-electron chi connectivity index (χ0n) is 12.8. The molecule has 114 valence electrons. The van der Waals surface area contributed by atoms with Crippen LogP contribution in [0.5, 0.6) is 5.75 Å². The molecule has 1 aliphatic heterocycles. The first kappa shape index (κ1) is 14.4. The SMILES string of the molecule is CCCCc1ccc(NC2=Nc3ccc(N)cc3OC2)cc1. The third-order valence-electron chi connectivity index (χ3n) is 3.67. The van der Waals surface area contributed by atoms with Gasteiger partial charge in [-0.25, -0.2) is 4.99 Å². The number of nitrogens with zero attached hydrogens (tertiary/aromatic N) is 1. The quantitative estimate of drug-likeness (QED) is 0.833. The number of aryl methyl sites for hydroxylation is 1. The van der Waals surface area contributed by atoms with Crippen molar-refractivity contribution in [3.63, 3.8) is 0 Å². The van der Waals surface area contributed by atoms with E-state index in [1.54, 1.807) is 6.07 Å². The fourth-order valence-electron chi connectivity index (χ4n) is 2.43. The van der Waals surface area contributed by atoms with Crippen molar-refractivity contribution in [1.82, 2.24) is 0 Å². The van der Waals surface area contributed by atoms with E-state index in [1.807, 2.05) is 12.1 Å². The highest BCUT2D eigenvalue weighted by Crippen LogP contribution is 2.32. The van der Waals surface area contributed by atoms with Gasteiger partial charge in [0, 0.05) is 17.4 Å². The number of hydrogen-bond acceptors (Lipinski definition) is 4. The van der Waals surface area contributed by atoms with Crippen molar-refractivity contribution in [2.75, 3.05) is 17.7 Å². The van der Waals surface area contributed by atoms with Crippen molar-refractivity contribution in [1.29, 1.82) is 0 Å². The lowest BCUT2D eigenvalue weighted by Gasteiger charge is -2.18. The van der Waals surface area contributed by atoms with E-state index >= 15 is 0 Å². The van der Waals surface area contributed by atoms with E-state index in [-0.39, 0.29) is 0 Å². The predicted octanol–water partition coefficient (Wildman–Crippen LogP) is 4.15. The predicted molar refractivity (Wildman–Crippen MR) is 92.1 cm³/mol. The van der Waals surface area contributed by atoms with Crippen molar-refractivity contribution >= 4 is 22.9 Å². The van der Waals surface area contributed by atoms with Crippen LogP contribution in [0.2, 0.25) is 0 Å². The molecule has 3 rings (SSSR count). The second kappa shape index (κ2) is 6.52. The summed E-state index contributed by atoms with van der Waals surface area (Å²) in [5, 5.41) is 3.31. The Kier molecular flexibility index (Phi) is 4.28. The number of nitrogens with one attached hydrogen (secondary N) is 1. The Morgan fingerprint density at radius 1 is 1.18 bits per heavy atom. The molecule has 0 saturated carbocycles.